The molecule has 1 fully saturated rings. The van der Waals surface area contributed by atoms with Crippen molar-refractivity contribution in [3.8, 4) is 5.75 Å². The number of nitrogens with one attached hydrogen (secondary N) is 1. The summed E-state index contributed by atoms with van der Waals surface area (Å²) in [5, 5.41) is 2.58. The van der Waals surface area contributed by atoms with E-state index in [2.05, 4.69) is 5.32 Å². The minimum atomic E-state index is -4.32. The second-order valence-corrected chi connectivity index (χ2v) is 19.1. The van der Waals surface area contributed by atoms with E-state index in [0.717, 1.165) is 26.3 Å². The first-order chi connectivity index (χ1) is 21.7. The molecule has 0 aliphatic carbocycles. The second-order valence-electron chi connectivity index (χ2n) is 12.2. The van der Waals surface area contributed by atoms with Crippen molar-refractivity contribution in [2.24, 2.45) is 0 Å². The fraction of sp³-hybridized carbons (Fsp3) is 0.344. The van der Waals surface area contributed by atoms with Crippen molar-refractivity contribution in [2.75, 3.05) is 31.6 Å². The number of benzene rings is 3. The molecule has 3 aromatic carbocycles. The third-order valence-corrected chi connectivity index (χ3v) is 11.7. The third-order valence-electron chi connectivity index (χ3n) is 7.96. The minimum Gasteiger partial charge on any atom is -0.494 e. The van der Waals surface area contributed by atoms with Gasteiger partial charge in [-0.25, -0.2) is 13.1 Å². The SMILES string of the molecule is CCOc1ccc2c(c1)CCN(C(=O)CN1CC(=O)N(Cc3ccccc3)S1(=O)=O)[C@H]2C(=O)Nc1cc(F)c([Si](C)(C)C)c(F)c1. The van der Waals surface area contributed by atoms with E-state index >= 15 is 8.78 Å². The molecular formula is C32H36F2N4O6SSi. The number of nitrogens with zero attached hydrogens (tertiary/aromatic N) is 3. The van der Waals surface area contributed by atoms with Crippen molar-refractivity contribution >= 4 is 46.9 Å². The molecule has 3 aromatic rings. The predicted octanol–water partition coefficient (Wildman–Crippen LogP) is 3.56. The molecule has 5 rings (SSSR count). The Morgan fingerprint density at radius 1 is 1.02 bits per heavy atom. The fourth-order valence-electron chi connectivity index (χ4n) is 5.86. The first-order valence-electron chi connectivity index (χ1n) is 14.9. The summed E-state index contributed by atoms with van der Waals surface area (Å²) in [5.41, 5.74) is 1.69. The van der Waals surface area contributed by atoms with Gasteiger partial charge >= 0.3 is 10.2 Å². The number of fused-ring (bicyclic) bond motifs is 1. The quantitative estimate of drug-likeness (QED) is 0.348. The smallest absolute Gasteiger partial charge is 0.307 e. The predicted molar refractivity (Wildman–Crippen MR) is 171 cm³/mol. The molecule has 2 aliphatic heterocycles. The lowest BCUT2D eigenvalue weighted by atomic mass is 9.91. The number of amides is 3. The average Bonchev–Trinajstić information content (AvgIpc) is 3.18. The van der Waals surface area contributed by atoms with Gasteiger partial charge in [-0.15, -0.1) is 0 Å². The zero-order valence-corrected chi connectivity index (χ0v) is 27.9. The van der Waals surface area contributed by atoms with Gasteiger partial charge in [0.1, 0.15) is 23.4 Å². The van der Waals surface area contributed by atoms with Crippen molar-refractivity contribution in [3.05, 3.63) is 89.0 Å². The summed E-state index contributed by atoms with van der Waals surface area (Å²) in [7, 11) is -6.69. The highest BCUT2D eigenvalue weighted by molar-refractivity contribution is 7.87. The molecule has 2 aliphatic rings. The van der Waals surface area contributed by atoms with E-state index in [-0.39, 0.29) is 24.0 Å². The average molecular weight is 671 g/mol. The minimum absolute atomic E-state index is 0.0106. The summed E-state index contributed by atoms with van der Waals surface area (Å²) < 4.78 is 63.9. The summed E-state index contributed by atoms with van der Waals surface area (Å²) in [4.78, 5) is 41.7. The van der Waals surface area contributed by atoms with Crippen LogP contribution in [-0.2, 0) is 37.6 Å². The van der Waals surface area contributed by atoms with Gasteiger partial charge in [-0.2, -0.15) is 12.7 Å². The van der Waals surface area contributed by atoms with Gasteiger partial charge in [0.25, 0.3) is 11.8 Å². The molecule has 1 N–H and O–H groups in total. The molecule has 1 saturated heterocycles. The Hall–Kier alpha value is -4.14. The van der Waals surface area contributed by atoms with E-state index in [9.17, 15) is 22.8 Å². The lowest BCUT2D eigenvalue weighted by Crippen LogP contribution is -2.49. The number of halogens is 2. The van der Waals surface area contributed by atoms with Crippen LogP contribution in [0.25, 0.3) is 0 Å². The van der Waals surface area contributed by atoms with E-state index < -0.39 is 66.8 Å². The maximum Gasteiger partial charge on any atom is 0.307 e. The van der Waals surface area contributed by atoms with Gasteiger partial charge in [0.15, 0.2) is 0 Å². The zero-order chi connectivity index (χ0) is 33.4. The van der Waals surface area contributed by atoms with Crippen LogP contribution in [0.2, 0.25) is 19.6 Å². The third kappa shape index (κ3) is 6.69. The van der Waals surface area contributed by atoms with Crippen molar-refractivity contribution < 1.29 is 36.3 Å². The molecule has 14 heteroatoms. The lowest BCUT2D eigenvalue weighted by molar-refractivity contribution is -0.139. The van der Waals surface area contributed by atoms with Crippen molar-refractivity contribution in [3.63, 3.8) is 0 Å². The zero-order valence-electron chi connectivity index (χ0n) is 26.0. The van der Waals surface area contributed by atoms with E-state index in [1.165, 1.54) is 4.90 Å². The number of anilines is 1. The Labute approximate surface area is 268 Å². The molecular weight excluding hydrogens is 635 g/mol. The molecule has 2 heterocycles. The summed E-state index contributed by atoms with van der Waals surface area (Å²) in [5.74, 6) is -3.07. The molecule has 0 radical (unpaired) electrons. The Kier molecular flexibility index (Phi) is 9.34. The maximum atomic E-state index is 15.0. The lowest BCUT2D eigenvalue weighted by Gasteiger charge is -2.37. The summed E-state index contributed by atoms with van der Waals surface area (Å²) in [6, 6.07) is 14.6. The highest BCUT2D eigenvalue weighted by Gasteiger charge is 2.45. The van der Waals surface area contributed by atoms with E-state index in [1.807, 2.05) is 6.92 Å². The van der Waals surface area contributed by atoms with Crippen molar-refractivity contribution in [1.29, 1.82) is 0 Å². The Morgan fingerprint density at radius 3 is 2.33 bits per heavy atom. The number of carbonyl (C=O) groups is 3. The van der Waals surface area contributed by atoms with Crippen molar-refractivity contribution in [2.45, 2.75) is 45.6 Å². The number of carbonyl (C=O) groups excluding carboxylic acids is 3. The van der Waals surface area contributed by atoms with Gasteiger partial charge in [-0.1, -0.05) is 56.0 Å². The summed E-state index contributed by atoms with van der Waals surface area (Å²) in [6.45, 7) is 6.34. The molecule has 0 saturated carbocycles. The van der Waals surface area contributed by atoms with Gasteiger partial charge in [0, 0.05) is 17.4 Å². The fourth-order valence-corrected chi connectivity index (χ4v) is 8.89. The van der Waals surface area contributed by atoms with Gasteiger partial charge in [0.2, 0.25) is 5.91 Å². The number of ether oxygens (including phenoxy) is 1. The molecule has 0 unspecified atom stereocenters. The maximum absolute atomic E-state index is 15.0. The van der Waals surface area contributed by atoms with Crippen LogP contribution in [0, 0.1) is 11.6 Å². The standard InChI is InChI=1S/C32H36F2N4O6SSi/c1-5-44-24-11-12-25-22(15-24)13-14-37(30(25)32(41)35-23-16-26(33)31(27(34)17-23)46(2,3)4)28(39)19-36-20-29(40)38(45(36,42)43)18-21-9-7-6-8-10-21/h6-12,15-17,30H,5,13-14,18-20H2,1-4H3,(H,35,41)/t30-/m1/s1. The summed E-state index contributed by atoms with van der Waals surface area (Å²) >= 11 is 0. The normalized spacial score (nSPS) is 18.0. The highest BCUT2D eigenvalue weighted by Crippen LogP contribution is 2.34. The van der Waals surface area contributed by atoms with Crippen LogP contribution in [0.5, 0.6) is 5.75 Å². The van der Waals surface area contributed by atoms with Crippen LogP contribution in [-0.4, -0.2) is 74.0 Å². The highest BCUT2D eigenvalue weighted by atomic mass is 32.2. The monoisotopic (exact) mass is 670 g/mol. The van der Waals surface area contributed by atoms with Crippen LogP contribution in [0.1, 0.15) is 29.7 Å². The van der Waals surface area contributed by atoms with E-state index in [1.54, 1.807) is 68.2 Å². The van der Waals surface area contributed by atoms with Gasteiger partial charge in [0.05, 0.1) is 34.3 Å². The number of hydrogen-bond acceptors (Lipinski definition) is 6. The Balaban J connectivity index is 1.43. The second kappa shape index (κ2) is 12.9. The van der Waals surface area contributed by atoms with Crippen molar-refractivity contribution in [1.82, 2.24) is 13.5 Å². The molecule has 0 spiro atoms. The Bertz CT molecular complexity index is 1760. The molecule has 244 valence electrons. The topological polar surface area (TPSA) is 116 Å². The Morgan fingerprint density at radius 2 is 1.70 bits per heavy atom. The van der Waals surface area contributed by atoms with Crippen LogP contribution < -0.4 is 15.2 Å². The van der Waals surface area contributed by atoms with Gasteiger partial charge in [-0.3, -0.25) is 14.4 Å². The molecule has 46 heavy (non-hydrogen) atoms. The molecule has 0 aromatic heterocycles. The van der Waals surface area contributed by atoms with Gasteiger partial charge < -0.3 is 15.0 Å². The van der Waals surface area contributed by atoms with E-state index in [0.29, 0.717) is 29.9 Å². The number of rotatable bonds is 9. The molecule has 10 nitrogen and oxygen atoms in total. The number of hydrogen-bond donors (Lipinski definition) is 1. The van der Waals surface area contributed by atoms with Crippen LogP contribution in [0.15, 0.2) is 60.7 Å². The van der Waals surface area contributed by atoms with Crippen LogP contribution in [0.3, 0.4) is 0 Å². The summed E-state index contributed by atoms with van der Waals surface area (Å²) in [6.07, 6.45) is 0.339. The van der Waals surface area contributed by atoms with E-state index in [4.69, 9.17) is 4.74 Å². The molecule has 1 atom stereocenters. The van der Waals surface area contributed by atoms with Crippen LogP contribution >= 0.6 is 0 Å². The van der Waals surface area contributed by atoms with Crippen LogP contribution in [0.4, 0.5) is 14.5 Å². The first-order valence-corrected chi connectivity index (χ1v) is 19.8. The largest absolute Gasteiger partial charge is 0.494 e. The molecule has 3 amide bonds. The first kappa shape index (κ1) is 33.2. The molecule has 0 bridgehead atoms. The van der Waals surface area contributed by atoms with Gasteiger partial charge in [-0.05, 0) is 54.3 Å².